The summed E-state index contributed by atoms with van der Waals surface area (Å²) in [7, 11) is 5.41. The van der Waals surface area contributed by atoms with Crippen LogP contribution in [0.25, 0.3) is 0 Å². The zero-order chi connectivity index (χ0) is 19.2. The zero-order valence-electron chi connectivity index (χ0n) is 16.6. The molecule has 26 heavy (non-hydrogen) atoms. The molecule has 0 unspecified atom stereocenters. The van der Waals surface area contributed by atoms with E-state index in [9.17, 15) is 9.59 Å². The number of carbonyl (C=O) groups is 2. The van der Waals surface area contributed by atoms with Gasteiger partial charge in [-0.2, -0.15) is 0 Å². The lowest BCUT2D eigenvalue weighted by molar-refractivity contribution is -0.138. The minimum atomic E-state index is -0.327. The summed E-state index contributed by atoms with van der Waals surface area (Å²) in [5, 5.41) is 3.42. The summed E-state index contributed by atoms with van der Waals surface area (Å²) in [6.45, 7) is 5.44. The Labute approximate surface area is 156 Å². The van der Waals surface area contributed by atoms with Crippen molar-refractivity contribution in [3.8, 4) is 0 Å². The molecule has 0 aromatic heterocycles. The Balaban J connectivity index is 1.92. The van der Waals surface area contributed by atoms with Crippen LogP contribution in [0.2, 0.25) is 0 Å². The van der Waals surface area contributed by atoms with E-state index in [1.165, 1.54) is 0 Å². The Morgan fingerprint density at radius 3 is 2.19 bits per heavy atom. The van der Waals surface area contributed by atoms with E-state index in [0.717, 1.165) is 31.6 Å². The van der Waals surface area contributed by atoms with Gasteiger partial charge in [0.2, 0.25) is 5.91 Å². The second-order valence-electron chi connectivity index (χ2n) is 7.26. The van der Waals surface area contributed by atoms with Crippen LogP contribution >= 0.6 is 0 Å². The van der Waals surface area contributed by atoms with Crippen LogP contribution in [0.1, 0.15) is 32.6 Å². The van der Waals surface area contributed by atoms with Crippen LogP contribution < -0.4 is 5.32 Å². The number of ether oxygens (including phenoxy) is 1. The van der Waals surface area contributed by atoms with Crippen molar-refractivity contribution < 1.29 is 14.3 Å². The summed E-state index contributed by atoms with van der Waals surface area (Å²) in [5.41, 5.74) is -0.327. The number of nitrogens with zero attached hydrogens (tertiary/aromatic N) is 4. The van der Waals surface area contributed by atoms with E-state index in [1.54, 1.807) is 16.8 Å². The molecule has 8 nitrogen and oxygen atoms in total. The van der Waals surface area contributed by atoms with Crippen LogP contribution in [0.15, 0.2) is 4.99 Å². The third kappa shape index (κ3) is 4.59. The normalized spacial score (nSPS) is 20.1. The highest BCUT2D eigenvalue weighted by Gasteiger charge is 2.42. The van der Waals surface area contributed by atoms with Crippen molar-refractivity contribution in [2.24, 2.45) is 10.4 Å². The van der Waals surface area contributed by atoms with Gasteiger partial charge in [-0.1, -0.05) is 12.8 Å². The number of nitrogens with one attached hydrogen (secondary N) is 1. The predicted octanol–water partition coefficient (Wildman–Crippen LogP) is 0.985. The molecule has 0 radical (unpaired) electrons. The first-order chi connectivity index (χ1) is 12.4. The molecule has 1 heterocycles. The Morgan fingerprint density at radius 2 is 1.69 bits per heavy atom. The fraction of sp³-hybridized carbons (Fsp3) is 0.833. The first-order valence-corrected chi connectivity index (χ1v) is 9.52. The van der Waals surface area contributed by atoms with Gasteiger partial charge in [-0.05, 0) is 19.8 Å². The number of aliphatic imine (C=N–C) groups is 1. The topological polar surface area (TPSA) is 77.5 Å². The third-order valence-corrected chi connectivity index (χ3v) is 5.32. The highest BCUT2D eigenvalue weighted by atomic mass is 16.6. The average molecular weight is 367 g/mol. The van der Waals surface area contributed by atoms with Gasteiger partial charge in [0, 0.05) is 53.9 Å². The number of hydrogen-bond acceptors (Lipinski definition) is 4. The Bertz CT molecular complexity index is 521. The number of hydrogen-bond donors (Lipinski definition) is 1. The molecule has 0 aromatic carbocycles. The summed E-state index contributed by atoms with van der Waals surface area (Å²) in [4.78, 5) is 34.5. The van der Waals surface area contributed by atoms with Crippen LogP contribution in [-0.4, -0.2) is 93.1 Å². The number of guanidine groups is 1. The minimum absolute atomic E-state index is 0.199. The zero-order valence-corrected chi connectivity index (χ0v) is 16.6. The number of amides is 2. The van der Waals surface area contributed by atoms with Crippen molar-refractivity contribution in [1.29, 1.82) is 0 Å². The maximum Gasteiger partial charge on any atom is 0.409 e. The monoisotopic (exact) mass is 367 g/mol. The smallest absolute Gasteiger partial charge is 0.409 e. The van der Waals surface area contributed by atoms with E-state index in [0.29, 0.717) is 39.3 Å². The van der Waals surface area contributed by atoms with Gasteiger partial charge in [-0.25, -0.2) is 4.79 Å². The van der Waals surface area contributed by atoms with E-state index in [1.807, 2.05) is 21.0 Å². The molecule has 2 amide bonds. The molecule has 0 bridgehead atoms. The molecule has 8 heteroatoms. The first-order valence-electron chi connectivity index (χ1n) is 9.52. The third-order valence-electron chi connectivity index (χ3n) is 5.32. The van der Waals surface area contributed by atoms with Gasteiger partial charge in [0.15, 0.2) is 5.96 Å². The maximum atomic E-state index is 12.7. The van der Waals surface area contributed by atoms with Crippen molar-refractivity contribution in [1.82, 2.24) is 20.0 Å². The molecule has 1 aliphatic heterocycles. The molecular weight excluding hydrogens is 334 g/mol. The first kappa shape index (κ1) is 20.3. The molecule has 1 N–H and O–H groups in total. The van der Waals surface area contributed by atoms with Crippen molar-refractivity contribution in [2.75, 3.05) is 60.5 Å². The summed E-state index contributed by atoms with van der Waals surface area (Å²) in [6, 6.07) is 0. The number of piperazine rings is 1. The highest BCUT2D eigenvalue weighted by Crippen LogP contribution is 2.38. The largest absolute Gasteiger partial charge is 0.450 e. The molecule has 1 saturated heterocycles. The molecular formula is C18H33N5O3. The van der Waals surface area contributed by atoms with Gasteiger partial charge < -0.3 is 24.8 Å². The fourth-order valence-corrected chi connectivity index (χ4v) is 3.89. The SMILES string of the molecule is CCOC(=O)N1CCN(C(=NC)NCC2(C(=O)N(C)C)CCCC2)CC1. The lowest BCUT2D eigenvalue weighted by Gasteiger charge is -2.37. The molecule has 2 fully saturated rings. The summed E-state index contributed by atoms with van der Waals surface area (Å²) in [5.74, 6) is 0.997. The lowest BCUT2D eigenvalue weighted by atomic mass is 9.84. The highest BCUT2D eigenvalue weighted by molar-refractivity contribution is 5.85. The maximum absolute atomic E-state index is 12.7. The molecule has 0 atom stereocenters. The van der Waals surface area contributed by atoms with Gasteiger partial charge in [0.25, 0.3) is 0 Å². The van der Waals surface area contributed by atoms with Gasteiger partial charge in [-0.3, -0.25) is 9.79 Å². The van der Waals surface area contributed by atoms with Crippen LogP contribution in [0.3, 0.4) is 0 Å². The van der Waals surface area contributed by atoms with Crippen LogP contribution in [0.5, 0.6) is 0 Å². The molecule has 0 spiro atoms. The van der Waals surface area contributed by atoms with Gasteiger partial charge >= 0.3 is 6.09 Å². The van der Waals surface area contributed by atoms with Crippen LogP contribution in [-0.2, 0) is 9.53 Å². The van der Waals surface area contributed by atoms with Gasteiger partial charge in [0.05, 0.1) is 12.0 Å². The molecule has 2 aliphatic rings. The Morgan fingerprint density at radius 1 is 1.12 bits per heavy atom. The van der Waals surface area contributed by atoms with Gasteiger partial charge in [-0.15, -0.1) is 0 Å². The second-order valence-corrected chi connectivity index (χ2v) is 7.26. The van der Waals surface area contributed by atoms with Crippen molar-refractivity contribution in [3.05, 3.63) is 0 Å². The van der Waals surface area contributed by atoms with E-state index >= 15 is 0 Å². The molecule has 1 aliphatic carbocycles. The van der Waals surface area contributed by atoms with Crippen LogP contribution in [0.4, 0.5) is 4.79 Å². The van der Waals surface area contributed by atoms with Crippen molar-refractivity contribution in [2.45, 2.75) is 32.6 Å². The molecule has 148 valence electrons. The van der Waals surface area contributed by atoms with Crippen molar-refractivity contribution in [3.63, 3.8) is 0 Å². The van der Waals surface area contributed by atoms with Crippen molar-refractivity contribution >= 4 is 18.0 Å². The summed E-state index contributed by atoms with van der Waals surface area (Å²) >= 11 is 0. The Hall–Kier alpha value is -1.99. The quantitative estimate of drug-likeness (QED) is 0.592. The summed E-state index contributed by atoms with van der Waals surface area (Å²) < 4.78 is 5.06. The van der Waals surface area contributed by atoms with Crippen LogP contribution in [0, 0.1) is 5.41 Å². The molecule has 2 rings (SSSR count). The molecule has 0 aromatic rings. The fourth-order valence-electron chi connectivity index (χ4n) is 3.89. The summed E-state index contributed by atoms with van der Waals surface area (Å²) in [6.07, 6.45) is 3.78. The van der Waals surface area contributed by atoms with E-state index in [4.69, 9.17) is 4.74 Å². The minimum Gasteiger partial charge on any atom is -0.450 e. The predicted molar refractivity (Wildman–Crippen MR) is 101 cm³/mol. The Kier molecular flexibility index (Phi) is 7.11. The van der Waals surface area contributed by atoms with Gasteiger partial charge in [0.1, 0.15) is 0 Å². The average Bonchev–Trinajstić information content (AvgIpc) is 3.12. The standard InChI is InChI=1S/C18H33N5O3/c1-5-26-17(25)23-12-10-22(11-13-23)16(19-2)20-14-18(8-6-7-9-18)15(24)21(3)4/h5-14H2,1-4H3,(H,19,20). The second kappa shape index (κ2) is 9.09. The van der Waals surface area contributed by atoms with E-state index in [2.05, 4.69) is 15.2 Å². The number of rotatable bonds is 4. The number of carbonyl (C=O) groups excluding carboxylic acids is 2. The lowest BCUT2D eigenvalue weighted by Crippen LogP contribution is -2.56. The molecule has 1 saturated carbocycles. The van der Waals surface area contributed by atoms with E-state index in [-0.39, 0.29) is 17.4 Å². The van der Waals surface area contributed by atoms with E-state index < -0.39 is 0 Å².